The van der Waals surface area contributed by atoms with Crippen molar-refractivity contribution in [3.05, 3.63) is 73.1 Å². The second kappa shape index (κ2) is 10.4. The average Bonchev–Trinajstić information content (AvgIpc) is 3.21. The molecular weight excluding hydrogens is 408 g/mol. The zero-order valence-electron chi connectivity index (χ0n) is 18.1. The van der Waals surface area contributed by atoms with Crippen LogP contribution in [0.3, 0.4) is 0 Å². The fourth-order valence-corrected chi connectivity index (χ4v) is 3.80. The van der Waals surface area contributed by atoms with E-state index in [0.717, 1.165) is 21.7 Å². The van der Waals surface area contributed by atoms with Gasteiger partial charge in [-0.1, -0.05) is 41.7 Å². The van der Waals surface area contributed by atoms with Gasteiger partial charge in [0.15, 0.2) is 16.6 Å². The van der Waals surface area contributed by atoms with Crippen molar-refractivity contribution in [1.82, 2.24) is 9.97 Å². The Morgan fingerprint density at radius 1 is 0.839 bits per heavy atom. The number of nitrogens with two attached hydrogens (primary N) is 1. The summed E-state index contributed by atoms with van der Waals surface area (Å²) in [6.07, 6.45) is 3.57. The van der Waals surface area contributed by atoms with E-state index in [1.807, 2.05) is 67.5 Å². The SMILES string of the molecule is CN(C)c1ccncc1.COc1ccc(-c2nc(N)sc2-c2ccccc2)cc1OC. The van der Waals surface area contributed by atoms with Crippen molar-refractivity contribution in [2.75, 3.05) is 38.9 Å². The molecule has 0 bridgehead atoms. The van der Waals surface area contributed by atoms with Gasteiger partial charge in [-0.15, -0.1) is 0 Å². The van der Waals surface area contributed by atoms with Crippen LogP contribution in [0.4, 0.5) is 10.8 Å². The van der Waals surface area contributed by atoms with Gasteiger partial charge in [0, 0.05) is 37.7 Å². The van der Waals surface area contributed by atoms with Gasteiger partial charge in [-0.05, 0) is 35.9 Å². The molecule has 0 radical (unpaired) electrons. The van der Waals surface area contributed by atoms with Crippen LogP contribution < -0.4 is 20.1 Å². The Hall–Kier alpha value is -3.58. The lowest BCUT2D eigenvalue weighted by molar-refractivity contribution is 0.355. The molecule has 0 aliphatic rings. The van der Waals surface area contributed by atoms with Crippen molar-refractivity contribution >= 4 is 22.2 Å². The number of hydrogen-bond donors (Lipinski definition) is 1. The highest BCUT2D eigenvalue weighted by atomic mass is 32.1. The fraction of sp³-hybridized carbons (Fsp3) is 0.167. The van der Waals surface area contributed by atoms with Crippen molar-refractivity contribution in [1.29, 1.82) is 0 Å². The van der Waals surface area contributed by atoms with Gasteiger partial charge in [0.1, 0.15) is 0 Å². The minimum absolute atomic E-state index is 0.545. The molecule has 0 saturated heterocycles. The molecule has 31 heavy (non-hydrogen) atoms. The van der Waals surface area contributed by atoms with E-state index in [-0.39, 0.29) is 0 Å². The van der Waals surface area contributed by atoms with Gasteiger partial charge < -0.3 is 20.1 Å². The highest BCUT2D eigenvalue weighted by molar-refractivity contribution is 7.19. The molecule has 2 aromatic carbocycles. The van der Waals surface area contributed by atoms with Crippen LogP contribution >= 0.6 is 11.3 Å². The number of methoxy groups -OCH3 is 2. The van der Waals surface area contributed by atoms with E-state index < -0.39 is 0 Å². The predicted molar refractivity (Wildman–Crippen MR) is 129 cm³/mol. The summed E-state index contributed by atoms with van der Waals surface area (Å²) >= 11 is 1.48. The van der Waals surface area contributed by atoms with E-state index >= 15 is 0 Å². The van der Waals surface area contributed by atoms with E-state index in [1.54, 1.807) is 26.6 Å². The number of aromatic nitrogens is 2. The number of ether oxygens (including phenoxy) is 2. The third kappa shape index (κ3) is 5.52. The number of anilines is 2. The summed E-state index contributed by atoms with van der Waals surface area (Å²) in [5.74, 6) is 1.36. The number of nitrogen functional groups attached to an aromatic ring is 1. The Labute approximate surface area is 186 Å². The molecule has 2 heterocycles. The van der Waals surface area contributed by atoms with Gasteiger partial charge >= 0.3 is 0 Å². The minimum atomic E-state index is 0.545. The van der Waals surface area contributed by atoms with Gasteiger partial charge in [0.2, 0.25) is 0 Å². The standard InChI is InChI=1S/C17H16N2O2S.C7H10N2/c1-20-13-9-8-12(10-14(13)21-2)15-16(22-17(18)19-15)11-6-4-3-5-7-11;1-9(2)7-3-5-8-6-4-7/h3-10H,1-2H3,(H2,18,19);3-6H,1-2H3. The van der Waals surface area contributed by atoms with Crippen LogP contribution in [-0.2, 0) is 0 Å². The lowest BCUT2D eigenvalue weighted by Gasteiger charge is -2.10. The first-order chi connectivity index (χ1) is 15.0. The summed E-state index contributed by atoms with van der Waals surface area (Å²) in [5.41, 5.74) is 10.0. The van der Waals surface area contributed by atoms with Crippen molar-refractivity contribution in [2.24, 2.45) is 0 Å². The van der Waals surface area contributed by atoms with Crippen molar-refractivity contribution in [3.8, 4) is 33.2 Å². The first-order valence-corrected chi connectivity index (χ1v) is 10.5. The molecule has 0 fully saturated rings. The molecule has 0 amide bonds. The van der Waals surface area contributed by atoms with Crippen LogP contribution in [0.2, 0.25) is 0 Å². The number of thiazole rings is 1. The highest BCUT2D eigenvalue weighted by Crippen LogP contribution is 2.40. The lowest BCUT2D eigenvalue weighted by atomic mass is 10.1. The van der Waals surface area contributed by atoms with Crippen molar-refractivity contribution < 1.29 is 9.47 Å². The van der Waals surface area contributed by atoms with Crippen LogP contribution in [0.5, 0.6) is 11.5 Å². The van der Waals surface area contributed by atoms with Crippen LogP contribution in [0.25, 0.3) is 21.7 Å². The summed E-state index contributed by atoms with van der Waals surface area (Å²) < 4.78 is 10.6. The molecule has 160 valence electrons. The van der Waals surface area contributed by atoms with Crippen LogP contribution in [0.1, 0.15) is 0 Å². The van der Waals surface area contributed by atoms with Crippen LogP contribution in [-0.4, -0.2) is 38.3 Å². The van der Waals surface area contributed by atoms with E-state index in [1.165, 1.54) is 17.0 Å². The van der Waals surface area contributed by atoms with E-state index in [9.17, 15) is 0 Å². The molecular formula is C24H26N4O2S. The summed E-state index contributed by atoms with van der Waals surface area (Å²) in [6, 6.07) is 19.8. The number of rotatable bonds is 5. The molecule has 2 aromatic heterocycles. The topological polar surface area (TPSA) is 73.5 Å². The molecule has 4 rings (SSSR count). The molecule has 4 aromatic rings. The Morgan fingerprint density at radius 2 is 1.52 bits per heavy atom. The fourth-order valence-electron chi connectivity index (χ4n) is 2.94. The quantitative estimate of drug-likeness (QED) is 0.464. The maximum Gasteiger partial charge on any atom is 0.181 e. The Kier molecular flexibility index (Phi) is 7.45. The van der Waals surface area contributed by atoms with Crippen molar-refractivity contribution in [3.63, 3.8) is 0 Å². The molecule has 0 aliphatic carbocycles. The highest BCUT2D eigenvalue weighted by Gasteiger charge is 2.15. The molecule has 0 saturated carbocycles. The van der Waals surface area contributed by atoms with Gasteiger partial charge in [0.25, 0.3) is 0 Å². The number of pyridine rings is 1. The minimum Gasteiger partial charge on any atom is -0.493 e. The van der Waals surface area contributed by atoms with Gasteiger partial charge in [-0.2, -0.15) is 0 Å². The van der Waals surface area contributed by atoms with E-state index in [0.29, 0.717) is 16.6 Å². The molecule has 0 unspecified atom stereocenters. The molecule has 7 heteroatoms. The molecule has 0 aliphatic heterocycles. The van der Waals surface area contributed by atoms with Crippen LogP contribution in [0, 0.1) is 0 Å². The molecule has 2 N–H and O–H groups in total. The third-order valence-corrected chi connectivity index (χ3v) is 5.45. The van der Waals surface area contributed by atoms with Crippen LogP contribution in [0.15, 0.2) is 73.1 Å². The van der Waals surface area contributed by atoms with Crippen molar-refractivity contribution in [2.45, 2.75) is 0 Å². The average molecular weight is 435 g/mol. The molecule has 0 atom stereocenters. The predicted octanol–water partition coefficient (Wildman–Crippen LogP) is 5.22. The maximum absolute atomic E-state index is 5.93. The molecule has 0 spiro atoms. The lowest BCUT2D eigenvalue weighted by Crippen LogP contribution is -2.07. The van der Waals surface area contributed by atoms with Gasteiger partial charge in [-0.3, -0.25) is 4.98 Å². The molecule has 6 nitrogen and oxygen atoms in total. The summed E-state index contributed by atoms with van der Waals surface area (Å²) in [5, 5.41) is 0.545. The maximum atomic E-state index is 5.93. The number of nitrogens with zero attached hydrogens (tertiary/aromatic N) is 3. The second-order valence-corrected chi connectivity index (χ2v) is 7.80. The van der Waals surface area contributed by atoms with E-state index in [4.69, 9.17) is 15.2 Å². The first-order valence-electron chi connectivity index (χ1n) is 9.65. The third-order valence-electron chi connectivity index (χ3n) is 4.52. The largest absolute Gasteiger partial charge is 0.493 e. The van der Waals surface area contributed by atoms with E-state index in [2.05, 4.69) is 22.1 Å². The number of hydrogen-bond acceptors (Lipinski definition) is 7. The normalized spacial score (nSPS) is 10.1. The first kappa shape index (κ1) is 22.1. The smallest absolute Gasteiger partial charge is 0.181 e. The Morgan fingerprint density at radius 3 is 2.10 bits per heavy atom. The zero-order valence-corrected chi connectivity index (χ0v) is 18.9. The summed E-state index contributed by atoms with van der Waals surface area (Å²) in [4.78, 5) is 11.5. The summed E-state index contributed by atoms with van der Waals surface area (Å²) in [6.45, 7) is 0. The van der Waals surface area contributed by atoms with Gasteiger partial charge in [-0.25, -0.2) is 4.98 Å². The number of benzene rings is 2. The monoisotopic (exact) mass is 434 g/mol. The second-order valence-electron chi connectivity index (χ2n) is 6.77. The summed E-state index contributed by atoms with van der Waals surface area (Å²) in [7, 11) is 7.26. The Balaban J connectivity index is 0.000000254. The van der Waals surface area contributed by atoms with Gasteiger partial charge in [0.05, 0.1) is 24.8 Å². The zero-order chi connectivity index (χ0) is 22.2. The Bertz CT molecular complexity index is 1100.